The summed E-state index contributed by atoms with van der Waals surface area (Å²) in [5, 5.41) is 9.16. The van der Waals surface area contributed by atoms with Crippen LogP contribution in [0.2, 0.25) is 0 Å². The minimum absolute atomic E-state index is 0.322. The van der Waals surface area contributed by atoms with Gasteiger partial charge in [0.2, 0.25) is 0 Å². The fourth-order valence-corrected chi connectivity index (χ4v) is 2.48. The molecule has 1 N–H and O–H groups in total. The number of nitrogens with zero attached hydrogens (tertiary/aromatic N) is 2. The van der Waals surface area contributed by atoms with Gasteiger partial charge in [-0.05, 0) is 43.9 Å². The molecular weight excluding hydrogens is 236 g/mol. The zero-order valence-corrected chi connectivity index (χ0v) is 11.5. The summed E-state index contributed by atoms with van der Waals surface area (Å²) < 4.78 is 0. The summed E-state index contributed by atoms with van der Waals surface area (Å²) in [5.41, 5.74) is 1.34. The average molecular weight is 258 g/mol. The summed E-state index contributed by atoms with van der Waals surface area (Å²) >= 11 is 0. The first-order valence-corrected chi connectivity index (χ1v) is 7.02. The van der Waals surface area contributed by atoms with Gasteiger partial charge in [-0.3, -0.25) is 9.88 Å². The Hall–Kier alpha value is -1.37. The van der Waals surface area contributed by atoms with E-state index in [-0.39, 0.29) is 6.10 Å². The van der Waals surface area contributed by atoms with Crippen LogP contribution in [0, 0.1) is 11.8 Å². The predicted molar refractivity (Wildman–Crippen MR) is 76.7 cm³/mol. The molecule has 3 nitrogen and oxygen atoms in total. The minimum atomic E-state index is -0.322. The third-order valence-corrected chi connectivity index (χ3v) is 3.49. The van der Waals surface area contributed by atoms with Gasteiger partial charge in [-0.1, -0.05) is 17.9 Å². The molecular formula is C16H22N2O. The standard InChI is InChI=1S/C16H22N2O/c1-14(19)6-2-3-10-18-11-5-8-16(13-18)15-7-4-9-17-12-15/h4,7,9,12,14,16,19H,5-6,8,10-11,13H2,1H3. The molecule has 0 aromatic carbocycles. The molecule has 1 aliphatic heterocycles. The van der Waals surface area contributed by atoms with E-state index in [0.29, 0.717) is 12.3 Å². The molecule has 1 aliphatic rings. The Bertz CT molecular complexity index is 433. The first-order chi connectivity index (χ1) is 9.25. The van der Waals surface area contributed by atoms with Crippen molar-refractivity contribution in [3.63, 3.8) is 0 Å². The van der Waals surface area contributed by atoms with Gasteiger partial charge in [-0.2, -0.15) is 0 Å². The van der Waals surface area contributed by atoms with Crippen LogP contribution in [0.4, 0.5) is 0 Å². The van der Waals surface area contributed by atoms with E-state index in [4.69, 9.17) is 5.11 Å². The molecule has 0 radical (unpaired) electrons. The van der Waals surface area contributed by atoms with Gasteiger partial charge in [0.15, 0.2) is 0 Å². The summed E-state index contributed by atoms with van der Waals surface area (Å²) in [7, 11) is 0. The Morgan fingerprint density at radius 2 is 2.42 bits per heavy atom. The van der Waals surface area contributed by atoms with Gasteiger partial charge < -0.3 is 5.11 Å². The Morgan fingerprint density at radius 3 is 3.16 bits per heavy atom. The predicted octanol–water partition coefficient (Wildman–Crippen LogP) is 2.04. The summed E-state index contributed by atoms with van der Waals surface area (Å²) in [4.78, 5) is 6.60. The summed E-state index contributed by atoms with van der Waals surface area (Å²) in [5.74, 6) is 6.78. The van der Waals surface area contributed by atoms with Crippen molar-refractivity contribution < 1.29 is 5.11 Å². The van der Waals surface area contributed by atoms with Crippen molar-refractivity contribution in [2.24, 2.45) is 0 Å². The van der Waals surface area contributed by atoms with Crippen LogP contribution in [0.3, 0.4) is 0 Å². The maximum Gasteiger partial charge on any atom is 0.0621 e. The Balaban J connectivity index is 1.85. The molecule has 1 saturated heterocycles. The molecule has 3 heteroatoms. The van der Waals surface area contributed by atoms with E-state index in [1.165, 1.54) is 18.4 Å². The van der Waals surface area contributed by atoms with Crippen LogP contribution in [0.15, 0.2) is 24.5 Å². The number of piperidine rings is 1. The number of aliphatic hydroxyl groups excluding tert-OH is 1. The maximum absolute atomic E-state index is 9.16. The van der Waals surface area contributed by atoms with Crippen LogP contribution >= 0.6 is 0 Å². The van der Waals surface area contributed by atoms with Crippen LogP contribution in [0.5, 0.6) is 0 Å². The number of aliphatic hydroxyl groups is 1. The van der Waals surface area contributed by atoms with Gasteiger partial charge in [0, 0.05) is 25.4 Å². The van der Waals surface area contributed by atoms with Crippen molar-refractivity contribution in [2.75, 3.05) is 19.6 Å². The van der Waals surface area contributed by atoms with E-state index in [0.717, 1.165) is 19.6 Å². The van der Waals surface area contributed by atoms with E-state index in [1.807, 2.05) is 18.5 Å². The Kier molecular flexibility index (Phi) is 5.38. The van der Waals surface area contributed by atoms with Crippen molar-refractivity contribution in [2.45, 2.75) is 38.2 Å². The lowest BCUT2D eigenvalue weighted by Crippen LogP contribution is -2.34. The van der Waals surface area contributed by atoms with Gasteiger partial charge in [-0.25, -0.2) is 0 Å². The molecule has 0 saturated carbocycles. The van der Waals surface area contributed by atoms with Gasteiger partial charge in [0.1, 0.15) is 0 Å². The zero-order valence-electron chi connectivity index (χ0n) is 11.5. The Labute approximate surface area is 115 Å². The van der Waals surface area contributed by atoms with Crippen LogP contribution in [-0.2, 0) is 0 Å². The number of hydrogen-bond acceptors (Lipinski definition) is 3. The second-order valence-electron chi connectivity index (χ2n) is 5.27. The number of aromatic nitrogens is 1. The quantitative estimate of drug-likeness (QED) is 0.843. The number of pyridine rings is 1. The van der Waals surface area contributed by atoms with Crippen molar-refractivity contribution in [1.29, 1.82) is 0 Å². The monoisotopic (exact) mass is 258 g/mol. The highest BCUT2D eigenvalue weighted by atomic mass is 16.3. The van der Waals surface area contributed by atoms with Gasteiger partial charge in [0.25, 0.3) is 0 Å². The van der Waals surface area contributed by atoms with Crippen LogP contribution in [-0.4, -0.2) is 40.7 Å². The number of likely N-dealkylation sites (tertiary alicyclic amines) is 1. The van der Waals surface area contributed by atoms with Crippen molar-refractivity contribution in [1.82, 2.24) is 9.88 Å². The highest BCUT2D eigenvalue weighted by Crippen LogP contribution is 2.25. The van der Waals surface area contributed by atoms with E-state index in [2.05, 4.69) is 27.8 Å². The first kappa shape index (κ1) is 14.0. The SMILES string of the molecule is CC(O)CC#CCN1CCCC(c2cccnc2)C1. The fraction of sp³-hybridized carbons (Fsp3) is 0.562. The minimum Gasteiger partial charge on any atom is -0.392 e. The highest BCUT2D eigenvalue weighted by Gasteiger charge is 2.20. The third-order valence-electron chi connectivity index (χ3n) is 3.49. The topological polar surface area (TPSA) is 36.4 Å². The van der Waals surface area contributed by atoms with E-state index in [9.17, 15) is 0 Å². The molecule has 2 rings (SSSR count). The lowest BCUT2D eigenvalue weighted by molar-refractivity contribution is 0.200. The van der Waals surface area contributed by atoms with Gasteiger partial charge in [-0.15, -0.1) is 0 Å². The molecule has 0 bridgehead atoms. The molecule has 19 heavy (non-hydrogen) atoms. The van der Waals surface area contributed by atoms with Crippen molar-refractivity contribution in [3.8, 4) is 11.8 Å². The van der Waals surface area contributed by atoms with E-state index in [1.54, 1.807) is 6.92 Å². The molecule has 1 fully saturated rings. The smallest absolute Gasteiger partial charge is 0.0621 e. The average Bonchev–Trinajstić information content (AvgIpc) is 2.45. The zero-order chi connectivity index (χ0) is 13.5. The van der Waals surface area contributed by atoms with Crippen LogP contribution in [0.1, 0.15) is 37.7 Å². The maximum atomic E-state index is 9.16. The largest absolute Gasteiger partial charge is 0.392 e. The second kappa shape index (κ2) is 7.28. The first-order valence-electron chi connectivity index (χ1n) is 7.02. The number of rotatable bonds is 3. The molecule has 0 aliphatic carbocycles. The van der Waals surface area contributed by atoms with E-state index >= 15 is 0 Å². The molecule has 102 valence electrons. The summed E-state index contributed by atoms with van der Waals surface area (Å²) in [6.45, 7) is 4.77. The lowest BCUT2D eigenvalue weighted by Gasteiger charge is -2.31. The fourth-order valence-electron chi connectivity index (χ4n) is 2.48. The normalized spacial score (nSPS) is 21.5. The van der Waals surface area contributed by atoms with Gasteiger partial charge in [0.05, 0.1) is 12.6 Å². The molecule has 0 spiro atoms. The molecule has 1 aromatic heterocycles. The van der Waals surface area contributed by atoms with E-state index < -0.39 is 0 Å². The lowest BCUT2D eigenvalue weighted by atomic mass is 9.92. The van der Waals surface area contributed by atoms with Crippen molar-refractivity contribution >= 4 is 0 Å². The van der Waals surface area contributed by atoms with Gasteiger partial charge >= 0.3 is 0 Å². The summed E-state index contributed by atoms with van der Waals surface area (Å²) in [6.07, 6.45) is 6.51. The molecule has 1 aromatic rings. The Morgan fingerprint density at radius 1 is 1.53 bits per heavy atom. The molecule has 2 atom stereocenters. The molecule has 2 unspecified atom stereocenters. The highest BCUT2D eigenvalue weighted by molar-refractivity contribution is 5.16. The second-order valence-corrected chi connectivity index (χ2v) is 5.27. The molecule has 0 amide bonds. The third kappa shape index (κ3) is 4.66. The van der Waals surface area contributed by atoms with Crippen LogP contribution in [0.25, 0.3) is 0 Å². The number of hydrogen-bond donors (Lipinski definition) is 1. The van der Waals surface area contributed by atoms with Crippen LogP contribution < -0.4 is 0 Å². The van der Waals surface area contributed by atoms with Crippen molar-refractivity contribution in [3.05, 3.63) is 30.1 Å². The summed E-state index contributed by atoms with van der Waals surface area (Å²) in [6, 6.07) is 4.18. The molecule has 2 heterocycles.